The third kappa shape index (κ3) is 5.32. The lowest BCUT2D eigenvalue weighted by Crippen LogP contribution is -2.32. The van der Waals surface area contributed by atoms with Crippen molar-refractivity contribution >= 4 is 16.8 Å². The zero-order valence-corrected chi connectivity index (χ0v) is 18.0. The lowest BCUT2D eigenvalue weighted by molar-refractivity contribution is -0.131. The summed E-state index contributed by atoms with van der Waals surface area (Å²) in [5.74, 6) is 1.44. The third-order valence-corrected chi connectivity index (χ3v) is 5.87. The Bertz CT molecular complexity index is 1100. The molecule has 1 N–H and O–H groups in total. The number of H-pyrrole nitrogens is 1. The lowest BCUT2D eigenvalue weighted by atomic mass is 10.1. The van der Waals surface area contributed by atoms with Crippen LogP contribution in [0, 0.1) is 0 Å². The number of hydrogen-bond donors (Lipinski definition) is 1. The van der Waals surface area contributed by atoms with Crippen molar-refractivity contribution in [1.82, 2.24) is 14.9 Å². The number of nitrogens with zero attached hydrogens (tertiary/aromatic N) is 2. The second-order valence-corrected chi connectivity index (χ2v) is 8.11. The smallest absolute Gasteiger partial charge is 0.258 e. The maximum atomic E-state index is 12.8. The van der Waals surface area contributed by atoms with Gasteiger partial charge in [0.2, 0.25) is 5.91 Å². The maximum absolute atomic E-state index is 12.8. The molecular weight excluding hydrogens is 390 g/mol. The number of ether oxygens (including phenoxy) is 1. The summed E-state index contributed by atoms with van der Waals surface area (Å²) in [6.45, 7) is 2.79. The molecule has 0 radical (unpaired) electrons. The van der Waals surface area contributed by atoms with Crippen molar-refractivity contribution in [3.05, 3.63) is 70.3 Å². The molecule has 1 saturated carbocycles. The third-order valence-electron chi connectivity index (χ3n) is 5.87. The number of para-hydroxylation sites is 1. The van der Waals surface area contributed by atoms with E-state index in [1.807, 2.05) is 49.4 Å². The van der Waals surface area contributed by atoms with E-state index in [2.05, 4.69) is 9.97 Å². The van der Waals surface area contributed by atoms with Gasteiger partial charge in [-0.2, -0.15) is 0 Å². The number of carbonyl (C=O) groups is 1. The predicted octanol–water partition coefficient (Wildman–Crippen LogP) is 4.23. The molecule has 6 nitrogen and oxygen atoms in total. The van der Waals surface area contributed by atoms with Crippen molar-refractivity contribution in [3.8, 4) is 5.75 Å². The normalized spacial score (nSPS) is 14.1. The SMILES string of the molecule is CCN(Cc1nc2ccccc2c(=O)[nH]1)C(=O)CCc1cccc(OC2CCCC2)c1. The van der Waals surface area contributed by atoms with Crippen molar-refractivity contribution in [2.45, 2.75) is 58.1 Å². The van der Waals surface area contributed by atoms with Crippen molar-refractivity contribution < 1.29 is 9.53 Å². The first-order valence-electron chi connectivity index (χ1n) is 11.1. The van der Waals surface area contributed by atoms with Gasteiger partial charge in [0, 0.05) is 13.0 Å². The lowest BCUT2D eigenvalue weighted by Gasteiger charge is -2.20. The summed E-state index contributed by atoms with van der Waals surface area (Å²) >= 11 is 0. The molecule has 0 spiro atoms. The molecule has 1 aliphatic carbocycles. The molecule has 0 atom stereocenters. The number of benzene rings is 2. The van der Waals surface area contributed by atoms with E-state index < -0.39 is 0 Å². The monoisotopic (exact) mass is 419 g/mol. The van der Waals surface area contributed by atoms with Gasteiger partial charge in [0.1, 0.15) is 11.6 Å². The van der Waals surface area contributed by atoms with Crippen LogP contribution in [-0.2, 0) is 17.8 Å². The van der Waals surface area contributed by atoms with Gasteiger partial charge >= 0.3 is 0 Å². The zero-order chi connectivity index (χ0) is 21.6. The second-order valence-electron chi connectivity index (χ2n) is 8.11. The fourth-order valence-electron chi connectivity index (χ4n) is 4.15. The number of hydrogen-bond acceptors (Lipinski definition) is 4. The first-order valence-corrected chi connectivity index (χ1v) is 11.1. The predicted molar refractivity (Wildman–Crippen MR) is 121 cm³/mol. The number of aryl methyl sites for hydroxylation is 1. The van der Waals surface area contributed by atoms with E-state index in [9.17, 15) is 9.59 Å². The van der Waals surface area contributed by atoms with Gasteiger partial charge in [-0.1, -0.05) is 24.3 Å². The molecule has 2 aromatic carbocycles. The summed E-state index contributed by atoms with van der Waals surface area (Å²) < 4.78 is 6.08. The Morgan fingerprint density at radius 2 is 1.97 bits per heavy atom. The second kappa shape index (κ2) is 9.77. The minimum absolute atomic E-state index is 0.0421. The van der Waals surface area contributed by atoms with Crippen LogP contribution in [0.4, 0.5) is 0 Å². The highest BCUT2D eigenvalue weighted by Gasteiger charge is 2.17. The standard InChI is InChI=1S/C25H29N3O3/c1-2-28(17-23-26-22-13-6-5-12-21(22)25(30)27-23)24(29)15-14-18-8-7-11-20(16-18)31-19-9-3-4-10-19/h5-8,11-13,16,19H,2-4,9-10,14-15,17H2,1H3,(H,26,27,30). The van der Waals surface area contributed by atoms with Gasteiger partial charge < -0.3 is 14.6 Å². The fraction of sp³-hybridized carbons (Fsp3) is 0.400. The van der Waals surface area contributed by atoms with Crippen LogP contribution in [0.1, 0.15) is 50.4 Å². The average molecular weight is 420 g/mol. The zero-order valence-electron chi connectivity index (χ0n) is 18.0. The molecule has 3 aromatic rings. The molecule has 1 aromatic heterocycles. The highest BCUT2D eigenvalue weighted by atomic mass is 16.5. The highest BCUT2D eigenvalue weighted by molar-refractivity contribution is 5.78. The Morgan fingerprint density at radius 1 is 1.16 bits per heavy atom. The molecule has 1 fully saturated rings. The van der Waals surface area contributed by atoms with Gasteiger partial charge in [0.25, 0.3) is 5.56 Å². The largest absolute Gasteiger partial charge is 0.490 e. The topological polar surface area (TPSA) is 75.3 Å². The Labute approximate surface area is 182 Å². The van der Waals surface area contributed by atoms with Crippen LogP contribution in [0.2, 0.25) is 0 Å². The average Bonchev–Trinajstić information content (AvgIpc) is 3.29. The van der Waals surface area contributed by atoms with Gasteiger partial charge in [-0.15, -0.1) is 0 Å². The first-order chi connectivity index (χ1) is 15.1. The van der Waals surface area contributed by atoms with E-state index in [-0.39, 0.29) is 11.5 Å². The molecule has 0 unspecified atom stereocenters. The fourth-order valence-corrected chi connectivity index (χ4v) is 4.15. The van der Waals surface area contributed by atoms with Crippen molar-refractivity contribution in [2.75, 3.05) is 6.54 Å². The van der Waals surface area contributed by atoms with E-state index in [1.54, 1.807) is 11.0 Å². The van der Waals surface area contributed by atoms with E-state index in [0.717, 1.165) is 24.2 Å². The molecule has 0 aliphatic heterocycles. The quantitative estimate of drug-likeness (QED) is 0.593. The summed E-state index contributed by atoms with van der Waals surface area (Å²) in [4.78, 5) is 34.2. The Hall–Kier alpha value is -3.15. The number of carbonyl (C=O) groups excluding carboxylic acids is 1. The van der Waals surface area contributed by atoms with E-state index in [0.29, 0.717) is 48.8 Å². The van der Waals surface area contributed by atoms with Crippen LogP contribution in [0.25, 0.3) is 10.9 Å². The van der Waals surface area contributed by atoms with Crippen LogP contribution < -0.4 is 10.3 Å². The summed E-state index contributed by atoms with van der Waals surface area (Å²) in [5.41, 5.74) is 1.56. The number of aromatic amines is 1. The molecule has 1 heterocycles. The minimum Gasteiger partial charge on any atom is -0.490 e. The van der Waals surface area contributed by atoms with E-state index in [4.69, 9.17) is 4.74 Å². The van der Waals surface area contributed by atoms with Crippen LogP contribution in [0.5, 0.6) is 5.75 Å². The Kier molecular flexibility index (Phi) is 6.65. The number of nitrogens with one attached hydrogen (secondary N) is 1. The van der Waals surface area contributed by atoms with E-state index in [1.165, 1.54) is 12.8 Å². The van der Waals surface area contributed by atoms with Crippen LogP contribution in [0.3, 0.4) is 0 Å². The summed E-state index contributed by atoms with van der Waals surface area (Å²) in [6, 6.07) is 15.3. The molecule has 162 valence electrons. The Morgan fingerprint density at radius 3 is 2.77 bits per heavy atom. The molecule has 4 rings (SSSR count). The summed E-state index contributed by atoms with van der Waals surface area (Å²) in [5, 5.41) is 0.556. The Balaban J connectivity index is 1.37. The van der Waals surface area contributed by atoms with Gasteiger partial charge in [-0.05, 0) is 68.9 Å². The van der Waals surface area contributed by atoms with Gasteiger partial charge in [0.05, 0.1) is 23.6 Å². The molecular formula is C25H29N3O3. The van der Waals surface area contributed by atoms with Crippen molar-refractivity contribution in [1.29, 1.82) is 0 Å². The molecule has 0 saturated heterocycles. The summed E-state index contributed by atoms with van der Waals surface area (Å²) in [7, 11) is 0. The first kappa shape index (κ1) is 21.1. The minimum atomic E-state index is -0.178. The molecule has 31 heavy (non-hydrogen) atoms. The number of aromatic nitrogens is 2. The van der Waals surface area contributed by atoms with Crippen LogP contribution >= 0.6 is 0 Å². The van der Waals surface area contributed by atoms with Gasteiger partial charge in [-0.3, -0.25) is 9.59 Å². The molecule has 6 heteroatoms. The molecule has 0 bridgehead atoms. The van der Waals surface area contributed by atoms with Crippen LogP contribution in [-0.4, -0.2) is 33.4 Å². The summed E-state index contributed by atoms with van der Waals surface area (Å²) in [6.07, 6.45) is 6.10. The van der Waals surface area contributed by atoms with Crippen molar-refractivity contribution in [2.24, 2.45) is 0 Å². The number of rotatable bonds is 8. The van der Waals surface area contributed by atoms with Crippen LogP contribution in [0.15, 0.2) is 53.3 Å². The van der Waals surface area contributed by atoms with E-state index >= 15 is 0 Å². The molecule has 1 amide bonds. The van der Waals surface area contributed by atoms with Gasteiger partial charge in [-0.25, -0.2) is 4.98 Å². The number of amides is 1. The maximum Gasteiger partial charge on any atom is 0.258 e. The van der Waals surface area contributed by atoms with Crippen molar-refractivity contribution in [3.63, 3.8) is 0 Å². The highest BCUT2D eigenvalue weighted by Crippen LogP contribution is 2.25. The van der Waals surface area contributed by atoms with Gasteiger partial charge in [0.15, 0.2) is 0 Å². The number of fused-ring (bicyclic) bond motifs is 1. The molecule has 1 aliphatic rings.